The number of Topliss-reactive ketones (excluding diaryl/α,β-unsaturated/α-hetero) is 1. The largest absolute Gasteiger partial charge is 0.508 e. The first kappa shape index (κ1) is 26.8. The Morgan fingerprint density at radius 3 is 2.38 bits per heavy atom. The van der Waals surface area contributed by atoms with Crippen molar-refractivity contribution in [2.75, 3.05) is 0 Å². The number of rotatable bonds is 6. The monoisotopic (exact) mass is 528 g/mol. The molecule has 39 heavy (non-hydrogen) atoms. The molecule has 208 valence electrons. The molecule has 0 aliphatic heterocycles. The lowest BCUT2D eigenvalue weighted by molar-refractivity contribution is -0.232. The number of hydrogen-bond donors (Lipinski definition) is 2. The number of carbonyl (C=O) groups excluding carboxylic acids is 1. The fourth-order valence-electron chi connectivity index (χ4n) is 9.46. The molecule has 8 unspecified atom stereocenters. The molecule has 0 amide bonds. The van der Waals surface area contributed by atoms with E-state index < -0.39 is 5.79 Å². The summed E-state index contributed by atoms with van der Waals surface area (Å²) in [6.07, 6.45) is 10.1. The summed E-state index contributed by atoms with van der Waals surface area (Å²) in [7, 11) is 0. The molecular formula is C35H44O4. The normalized spacial score (nSPS) is 39.3. The molecule has 2 aromatic carbocycles. The van der Waals surface area contributed by atoms with Crippen LogP contribution in [0.3, 0.4) is 0 Å². The minimum Gasteiger partial charge on any atom is -0.508 e. The molecule has 0 bridgehead atoms. The third-order valence-electron chi connectivity index (χ3n) is 11.5. The van der Waals surface area contributed by atoms with Crippen molar-refractivity contribution in [3.8, 4) is 5.75 Å². The van der Waals surface area contributed by atoms with Gasteiger partial charge in [-0.3, -0.25) is 4.79 Å². The van der Waals surface area contributed by atoms with Crippen molar-refractivity contribution in [2.24, 2.45) is 40.4 Å². The van der Waals surface area contributed by atoms with Crippen LogP contribution in [0.5, 0.6) is 5.75 Å². The van der Waals surface area contributed by atoms with Gasteiger partial charge in [-0.25, -0.2) is 0 Å². The zero-order valence-corrected chi connectivity index (χ0v) is 23.7. The van der Waals surface area contributed by atoms with Gasteiger partial charge in [-0.2, -0.15) is 0 Å². The zero-order chi connectivity index (χ0) is 27.4. The Hall–Kier alpha value is -2.43. The van der Waals surface area contributed by atoms with Gasteiger partial charge in [0.15, 0.2) is 5.79 Å². The van der Waals surface area contributed by atoms with Crippen LogP contribution >= 0.6 is 0 Å². The number of aliphatic hydroxyl groups is 1. The fraction of sp³-hybridized carbons (Fsp3) is 0.571. The standard InChI is InChI=1S/C35H44O4/c1-23(36)29-13-14-30-32-26(19-24-7-5-4-6-8-24)20-27-21-35(38,39-22-25-9-11-28(37)12-10-25)18-17-33(27,2)31(32)15-16-34(29,30)3/h4-12,20,26,29-32,37-38H,13-19,21-22H2,1-3H3. The van der Waals surface area contributed by atoms with Gasteiger partial charge in [-0.15, -0.1) is 0 Å². The number of ether oxygens (including phenoxy) is 1. The molecule has 6 rings (SSSR count). The number of carbonyl (C=O) groups is 1. The molecule has 0 saturated heterocycles. The highest BCUT2D eigenvalue weighted by atomic mass is 16.6. The van der Waals surface area contributed by atoms with Crippen LogP contribution in [0.4, 0.5) is 0 Å². The predicted molar refractivity (Wildman–Crippen MR) is 153 cm³/mol. The third kappa shape index (κ3) is 4.68. The van der Waals surface area contributed by atoms with Crippen molar-refractivity contribution < 1.29 is 19.7 Å². The molecule has 3 saturated carbocycles. The van der Waals surface area contributed by atoms with Gasteiger partial charge in [-0.1, -0.05) is 68.0 Å². The Labute approximate surface area is 233 Å². The number of aromatic hydroxyl groups is 1. The van der Waals surface area contributed by atoms with Crippen molar-refractivity contribution in [3.63, 3.8) is 0 Å². The SMILES string of the molecule is CC(=O)C1CCC2C3C(Cc4ccccc4)C=C4CC(O)(OCc5ccc(O)cc5)CCC4(C)C3CCC12C. The van der Waals surface area contributed by atoms with Crippen LogP contribution < -0.4 is 0 Å². The minimum atomic E-state index is -1.18. The van der Waals surface area contributed by atoms with E-state index in [1.807, 2.05) is 19.1 Å². The molecule has 4 heteroatoms. The molecule has 2 N–H and O–H groups in total. The van der Waals surface area contributed by atoms with E-state index >= 15 is 0 Å². The summed E-state index contributed by atoms with van der Waals surface area (Å²) in [4.78, 5) is 12.7. The van der Waals surface area contributed by atoms with Crippen LogP contribution in [0.1, 0.15) is 76.8 Å². The second-order valence-electron chi connectivity index (χ2n) is 13.6. The molecule has 8 atom stereocenters. The van der Waals surface area contributed by atoms with E-state index in [1.165, 1.54) is 11.1 Å². The zero-order valence-electron chi connectivity index (χ0n) is 23.7. The maximum atomic E-state index is 12.7. The molecule has 3 fully saturated rings. The maximum Gasteiger partial charge on any atom is 0.169 e. The smallest absolute Gasteiger partial charge is 0.169 e. The van der Waals surface area contributed by atoms with Crippen molar-refractivity contribution in [1.82, 2.24) is 0 Å². The van der Waals surface area contributed by atoms with Crippen LogP contribution in [0.15, 0.2) is 66.2 Å². The Morgan fingerprint density at radius 2 is 1.67 bits per heavy atom. The van der Waals surface area contributed by atoms with Gasteiger partial charge in [0, 0.05) is 18.8 Å². The number of fused-ring (bicyclic) bond motifs is 5. The van der Waals surface area contributed by atoms with Crippen LogP contribution in [-0.2, 0) is 22.6 Å². The van der Waals surface area contributed by atoms with Crippen molar-refractivity contribution >= 4 is 5.78 Å². The Kier molecular flexibility index (Phi) is 6.79. The minimum absolute atomic E-state index is 0.0572. The second kappa shape index (κ2) is 9.89. The summed E-state index contributed by atoms with van der Waals surface area (Å²) in [6, 6.07) is 17.9. The van der Waals surface area contributed by atoms with Gasteiger partial charge in [0.05, 0.1) is 6.61 Å². The van der Waals surface area contributed by atoms with Gasteiger partial charge in [-0.05, 0) is 103 Å². The van der Waals surface area contributed by atoms with Crippen molar-refractivity contribution in [3.05, 3.63) is 77.4 Å². The van der Waals surface area contributed by atoms with Gasteiger partial charge >= 0.3 is 0 Å². The summed E-state index contributed by atoms with van der Waals surface area (Å²) < 4.78 is 6.20. The second-order valence-corrected chi connectivity index (χ2v) is 13.6. The van der Waals surface area contributed by atoms with E-state index in [1.54, 1.807) is 12.1 Å². The van der Waals surface area contributed by atoms with Gasteiger partial charge in [0.1, 0.15) is 11.5 Å². The number of allylic oxidation sites excluding steroid dienone is 1. The topological polar surface area (TPSA) is 66.8 Å². The number of phenols is 1. The lowest BCUT2D eigenvalue weighted by atomic mass is 9.44. The van der Waals surface area contributed by atoms with Crippen LogP contribution in [0.25, 0.3) is 0 Å². The average Bonchev–Trinajstić information content (AvgIpc) is 3.27. The fourth-order valence-corrected chi connectivity index (χ4v) is 9.46. The van der Waals surface area contributed by atoms with E-state index in [4.69, 9.17) is 4.74 Å². The van der Waals surface area contributed by atoms with Gasteiger partial charge < -0.3 is 14.9 Å². The van der Waals surface area contributed by atoms with E-state index in [2.05, 4.69) is 50.3 Å². The Bertz CT molecular complexity index is 1240. The first-order valence-corrected chi connectivity index (χ1v) is 15.0. The average molecular weight is 529 g/mol. The molecule has 0 radical (unpaired) electrons. The molecular weight excluding hydrogens is 484 g/mol. The molecule has 0 spiro atoms. The van der Waals surface area contributed by atoms with E-state index in [0.29, 0.717) is 48.9 Å². The summed E-state index contributed by atoms with van der Waals surface area (Å²) in [6.45, 7) is 7.01. The molecule has 4 nitrogen and oxygen atoms in total. The molecule has 0 aromatic heterocycles. The Balaban J connectivity index is 1.32. The third-order valence-corrected chi connectivity index (χ3v) is 11.5. The molecule has 4 aliphatic rings. The lowest BCUT2D eigenvalue weighted by Crippen LogP contribution is -2.55. The molecule has 2 aromatic rings. The van der Waals surface area contributed by atoms with Crippen LogP contribution in [0, 0.1) is 40.4 Å². The first-order valence-electron chi connectivity index (χ1n) is 15.0. The lowest BCUT2D eigenvalue weighted by Gasteiger charge is -2.60. The predicted octanol–water partition coefficient (Wildman–Crippen LogP) is 7.23. The van der Waals surface area contributed by atoms with Gasteiger partial charge in [0.2, 0.25) is 0 Å². The van der Waals surface area contributed by atoms with E-state index in [-0.39, 0.29) is 22.5 Å². The maximum absolute atomic E-state index is 12.7. The number of ketones is 1. The summed E-state index contributed by atoms with van der Waals surface area (Å²) in [5.41, 5.74) is 3.84. The Morgan fingerprint density at radius 1 is 0.923 bits per heavy atom. The van der Waals surface area contributed by atoms with E-state index in [9.17, 15) is 15.0 Å². The van der Waals surface area contributed by atoms with Crippen LogP contribution in [-0.4, -0.2) is 21.8 Å². The number of benzene rings is 2. The number of phenolic OH excluding ortho intramolecular Hbond substituents is 1. The number of hydrogen-bond acceptors (Lipinski definition) is 4. The van der Waals surface area contributed by atoms with Crippen molar-refractivity contribution in [1.29, 1.82) is 0 Å². The highest BCUT2D eigenvalue weighted by Gasteiger charge is 2.62. The van der Waals surface area contributed by atoms with E-state index in [0.717, 1.165) is 44.1 Å². The highest BCUT2D eigenvalue weighted by molar-refractivity contribution is 5.79. The van der Waals surface area contributed by atoms with Crippen LogP contribution in [0.2, 0.25) is 0 Å². The first-order chi connectivity index (χ1) is 18.6. The quantitative estimate of drug-likeness (QED) is 0.306. The highest BCUT2D eigenvalue weighted by Crippen LogP contribution is 2.68. The summed E-state index contributed by atoms with van der Waals surface area (Å²) >= 11 is 0. The van der Waals surface area contributed by atoms with Gasteiger partial charge in [0.25, 0.3) is 0 Å². The molecule has 0 heterocycles. The molecule has 4 aliphatic carbocycles. The summed E-state index contributed by atoms with van der Waals surface area (Å²) in [5.74, 6) is 1.73. The van der Waals surface area contributed by atoms with Crippen molar-refractivity contribution in [2.45, 2.75) is 84.5 Å². The summed E-state index contributed by atoms with van der Waals surface area (Å²) in [5, 5.41) is 21.3.